The van der Waals surface area contributed by atoms with Crippen molar-refractivity contribution in [3.63, 3.8) is 0 Å². The molecular weight excluding hydrogens is 590 g/mol. The van der Waals surface area contributed by atoms with Crippen molar-refractivity contribution in [2.75, 3.05) is 13.6 Å². The number of aliphatic hydroxyl groups excluding tert-OH is 1. The molecule has 238 valence electrons. The van der Waals surface area contributed by atoms with Crippen molar-refractivity contribution in [2.45, 2.75) is 74.1 Å². The minimum absolute atomic E-state index is 0.0883. The van der Waals surface area contributed by atoms with Crippen LogP contribution in [0.3, 0.4) is 0 Å². The molecule has 0 saturated carbocycles. The van der Waals surface area contributed by atoms with E-state index in [-0.39, 0.29) is 35.3 Å². The molecule has 0 amide bonds. The maximum atomic E-state index is 13.1. The SMILES string of the molecule is C[C@H](OC(=O)[C@@H](OC(=O)[C@@H](O)CC(=O)OC1=CC[C@@]2(O)[C@H]3Cc4ccc(O)c5c4[C@@]2(CCN3C)[C@H]1O5)c1ccccc1)C(=O)O. The fraction of sp³-hybridized carbons (Fsp3) is 0.438. The minimum Gasteiger partial charge on any atom is -0.504 e. The van der Waals surface area contributed by atoms with Crippen LogP contribution in [-0.4, -0.2) is 92.8 Å². The van der Waals surface area contributed by atoms with Gasteiger partial charge in [-0.15, -0.1) is 0 Å². The number of rotatable bonds is 9. The molecule has 0 radical (unpaired) electrons. The molecule has 7 atom stereocenters. The number of likely N-dealkylation sites (N-methyl/N-ethyl adjacent to an activating group) is 1. The number of hydrogen-bond donors (Lipinski definition) is 4. The Morgan fingerprint density at radius 3 is 2.53 bits per heavy atom. The molecule has 2 aromatic rings. The lowest BCUT2D eigenvalue weighted by Crippen LogP contribution is -2.74. The summed E-state index contributed by atoms with van der Waals surface area (Å²) in [5.74, 6) is -4.70. The summed E-state index contributed by atoms with van der Waals surface area (Å²) < 4.78 is 22.0. The van der Waals surface area contributed by atoms with Crippen LogP contribution >= 0.6 is 0 Å². The van der Waals surface area contributed by atoms with Crippen molar-refractivity contribution in [3.8, 4) is 11.5 Å². The van der Waals surface area contributed by atoms with E-state index in [1.165, 1.54) is 12.1 Å². The molecule has 45 heavy (non-hydrogen) atoms. The number of nitrogens with zero attached hydrogens (tertiary/aromatic N) is 1. The number of phenolic OH excluding ortho intramolecular Hbond substituents is 1. The van der Waals surface area contributed by atoms with Gasteiger partial charge in [0.1, 0.15) is 5.76 Å². The van der Waals surface area contributed by atoms with E-state index in [0.717, 1.165) is 12.5 Å². The van der Waals surface area contributed by atoms with E-state index in [9.17, 15) is 34.5 Å². The van der Waals surface area contributed by atoms with Gasteiger partial charge in [0.25, 0.3) is 0 Å². The second-order valence-electron chi connectivity index (χ2n) is 11.9. The molecule has 13 heteroatoms. The predicted molar refractivity (Wildman–Crippen MR) is 152 cm³/mol. The van der Waals surface area contributed by atoms with Gasteiger partial charge in [-0.3, -0.25) is 4.79 Å². The minimum atomic E-state index is -2.05. The van der Waals surface area contributed by atoms with Gasteiger partial charge in [0, 0.05) is 23.6 Å². The second-order valence-corrected chi connectivity index (χ2v) is 11.9. The number of aliphatic carboxylic acids is 1. The normalized spacial score (nSPS) is 28.0. The summed E-state index contributed by atoms with van der Waals surface area (Å²) in [4.78, 5) is 51.9. The van der Waals surface area contributed by atoms with Gasteiger partial charge >= 0.3 is 23.9 Å². The van der Waals surface area contributed by atoms with E-state index in [1.54, 1.807) is 30.3 Å². The Morgan fingerprint density at radius 1 is 1.09 bits per heavy atom. The van der Waals surface area contributed by atoms with Crippen molar-refractivity contribution in [1.82, 2.24) is 4.90 Å². The van der Waals surface area contributed by atoms with Crippen molar-refractivity contribution in [1.29, 1.82) is 0 Å². The quantitative estimate of drug-likeness (QED) is 0.231. The lowest BCUT2D eigenvalue weighted by Gasteiger charge is -2.61. The lowest BCUT2D eigenvalue weighted by molar-refractivity contribution is -0.181. The highest BCUT2D eigenvalue weighted by molar-refractivity contribution is 5.86. The molecular formula is C32H33NO12. The maximum absolute atomic E-state index is 13.1. The third-order valence-electron chi connectivity index (χ3n) is 9.41. The molecule has 1 fully saturated rings. The van der Waals surface area contributed by atoms with Crippen molar-refractivity contribution < 1.29 is 58.6 Å². The van der Waals surface area contributed by atoms with E-state index < -0.39 is 65.7 Å². The topological polar surface area (TPSA) is 189 Å². The largest absolute Gasteiger partial charge is 0.504 e. The smallest absolute Gasteiger partial charge is 0.353 e. The van der Waals surface area contributed by atoms with Crippen LogP contribution in [0.4, 0.5) is 0 Å². The van der Waals surface area contributed by atoms with Gasteiger partial charge in [0.2, 0.25) is 6.10 Å². The van der Waals surface area contributed by atoms with Gasteiger partial charge in [0.05, 0.1) is 17.4 Å². The van der Waals surface area contributed by atoms with E-state index in [1.807, 2.05) is 13.1 Å². The molecule has 1 spiro atoms. The van der Waals surface area contributed by atoms with Crippen molar-refractivity contribution >= 4 is 23.9 Å². The first kappa shape index (κ1) is 30.6. The summed E-state index contributed by atoms with van der Waals surface area (Å²) in [5.41, 5.74) is -0.465. The molecule has 2 aliphatic heterocycles. The third-order valence-corrected chi connectivity index (χ3v) is 9.41. The molecule has 2 aromatic carbocycles. The van der Waals surface area contributed by atoms with Gasteiger partial charge < -0.3 is 44.3 Å². The number of ether oxygens (including phenoxy) is 4. The molecule has 13 nitrogen and oxygen atoms in total. The highest BCUT2D eigenvalue weighted by atomic mass is 16.6. The maximum Gasteiger partial charge on any atom is 0.353 e. The van der Waals surface area contributed by atoms with Gasteiger partial charge in [-0.25, -0.2) is 14.4 Å². The number of aromatic hydroxyl groups is 1. The number of benzene rings is 2. The number of phenols is 1. The Labute approximate surface area is 257 Å². The second kappa shape index (κ2) is 11.2. The number of hydrogen-bond acceptors (Lipinski definition) is 12. The summed E-state index contributed by atoms with van der Waals surface area (Å²) in [6.45, 7) is 1.76. The zero-order valence-electron chi connectivity index (χ0n) is 24.5. The number of carboxylic acid groups (broad SMARTS) is 1. The van der Waals surface area contributed by atoms with Gasteiger partial charge in [-0.1, -0.05) is 36.4 Å². The molecule has 0 unspecified atom stereocenters. The molecule has 2 bridgehead atoms. The zero-order chi connectivity index (χ0) is 32.3. The van der Waals surface area contributed by atoms with Crippen molar-refractivity contribution in [2.24, 2.45) is 0 Å². The van der Waals surface area contributed by atoms with Crippen LogP contribution in [0.1, 0.15) is 49.0 Å². The number of esters is 3. The molecule has 0 aromatic heterocycles. The summed E-state index contributed by atoms with van der Waals surface area (Å²) in [6, 6.07) is 10.8. The van der Waals surface area contributed by atoms with Crippen LogP contribution in [0.25, 0.3) is 0 Å². The highest BCUT2D eigenvalue weighted by Gasteiger charge is 2.72. The first-order valence-corrected chi connectivity index (χ1v) is 14.6. The number of aliphatic hydroxyl groups is 2. The first-order valence-electron chi connectivity index (χ1n) is 14.6. The van der Waals surface area contributed by atoms with Gasteiger partial charge in [-0.2, -0.15) is 0 Å². The van der Waals surface area contributed by atoms with Crippen LogP contribution in [0.15, 0.2) is 54.3 Å². The molecule has 2 heterocycles. The molecule has 2 aliphatic carbocycles. The van der Waals surface area contributed by atoms with Gasteiger partial charge in [0.15, 0.2) is 29.8 Å². The Balaban J connectivity index is 1.18. The number of carbonyl (C=O) groups excluding carboxylic acids is 3. The third kappa shape index (κ3) is 4.82. The summed E-state index contributed by atoms with van der Waals surface area (Å²) in [5, 5.41) is 42.5. The summed E-state index contributed by atoms with van der Waals surface area (Å²) in [6.07, 6.45) is -4.37. The molecule has 6 rings (SSSR count). The number of carbonyl (C=O) groups is 4. The number of piperidine rings is 1. The van der Waals surface area contributed by atoms with E-state index >= 15 is 0 Å². The van der Waals surface area contributed by atoms with Crippen LogP contribution in [0.2, 0.25) is 0 Å². The summed E-state index contributed by atoms with van der Waals surface area (Å²) in [7, 11) is 1.95. The average Bonchev–Trinajstić information content (AvgIpc) is 3.37. The number of carboxylic acids is 1. The standard InChI is InChI=1S/C32H33NO12/c1-16(28(37)38)42-30(40)25(17-6-4-3-5-7-17)45-29(39)20(35)15-23(36)43-21-10-11-32(41)22-14-18-8-9-19(34)26-24(18)31(32,27(21)44-26)12-13-33(22)2/h3-10,16,20,22,25,27,34-35,41H,11-15H2,1-2H3,(H,37,38)/t16-,20-,22+,25-,27-,31-,32+/m0/s1. The summed E-state index contributed by atoms with van der Waals surface area (Å²) >= 11 is 0. The van der Waals surface area contributed by atoms with Crippen LogP contribution in [0.5, 0.6) is 11.5 Å². The van der Waals surface area contributed by atoms with Crippen LogP contribution in [-0.2, 0) is 45.2 Å². The predicted octanol–water partition coefficient (Wildman–Crippen LogP) is 1.26. The Morgan fingerprint density at radius 2 is 1.82 bits per heavy atom. The lowest BCUT2D eigenvalue weighted by atomic mass is 9.50. The Kier molecular flexibility index (Phi) is 7.58. The fourth-order valence-electron chi connectivity index (χ4n) is 7.21. The molecule has 4 aliphatic rings. The van der Waals surface area contributed by atoms with Crippen LogP contribution in [0, 0.1) is 0 Å². The first-order chi connectivity index (χ1) is 21.4. The Bertz CT molecular complexity index is 1590. The van der Waals surface area contributed by atoms with Crippen molar-refractivity contribution in [3.05, 3.63) is 71.0 Å². The molecule has 4 N–H and O–H groups in total. The number of likely N-dealkylation sites (tertiary alicyclic amines) is 1. The Hall–Kier alpha value is -4.46. The monoisotopic (exact) mass is 623 g/mol. The average molecular weight is 624 g/mol. The van der Waals surface area contributed by atoms with Gasteiger partial charge in [-0.05, 0) is 51.1 Å². The van der Waals surface area contributed by atoms with Crippen LogP contribution < -0.4 is 4.74 Å². The van der Waals surface area contributed by atoms with E-state index in [4.69, 9.17) is 24.1 Å². The molecule has 1 saturated heterocycles. The van der Waals surface area contributed by atoms with E-state index in [0.29, 0.717) is 24.9 Å². The van der Waals surface area contributed by atoms with E-state index in [2.05, 4.69) is 4.90 Å². The zero-order valence-corrected chi connectivity index (χ0v) is 24.5. The highest BCUT2D eigenvalue weighted by Crippen LogP contribution is 2.65. The fourth-order valence-corrected chi connectivity index (χ4v) is 7.21.